The van der Waals surface area contributed by atoms with E-state index in [1.165, 1.54) is 0 Å². The Morgan fingerprint density at radius 1 is 1.11 bits per heavy atom. The summed E-state index contributed by atoms with van der Waals surface area (Å²) in [7, 11) is 0. The van der Waals surface area contributed by atoms with Gasteiger partial charge in [0, 0.05) is 5.92 Å². The maximum Gasteiger partial charge on any atom is 0.414 e. The SMILES string of the molecule is O=C(Nc1nc(C(=O)O)c(Cl)[nH]1)OCC1c2ccccc2-c2ccccc21. The fraction of sp³-hybridized carbons (Fsp3) is 0.105. The number of fused-ring (bicyclic) bond motifs is 3. The van der Waals surface area contributed by atoms with Gasteiger partial charge in [0.05, 0.1) is 0 Å². The molecule has 1 aliphatic rings. The van der Waals surface area contributed by atoms with Crippen LogP contribution in [0.4, 0.5) is 10.7 Å². The standard InChI is InChI=1S/C19H14ClN3O4/c20-16-15(17(24)25)21-18(22-16)23-19(26)27-9-14-12-7-3-1-5-10(12)11-6-2-4-8-13(11)14/h1-8,14H,9H2,(H,24,25)(H2,21,22,23,26). The van der Waals surface area contributed by atoms with E-state index in [-0.39, 0.29) is 29.3 Å². The Bertz CT molecular complexity index is 1000. The Kier molecular flexibility index (Phi) is 4.29. The number of rotatable bonds is 4. The second-order valence-corrected chi connectivity index (χ2v) is 6.38. The molecular weight excluding hydrogens is 370 g/mol. The average Bonchev–Trinajstić information content (AvgIpc) is 3.18. The van der Waals surface area contributed by atoms with Crippen LogP contribution in [0.25, 0.3) is 11.1 Å². The quantitative estimate of drug-likeness (QED) is 0.628. The molecule has 7 nitrogen and oxygen atoms in total. The van der Waals surface area contributed by atoms with Crippen molar-refractivity contribution in [2.75, 3.05) is 11.9 Å². The topological polar surface area (TPSA) is 104 Å². The lowest BCUT2D eigenvalue weighted by molar-refractivity contribution is 0.0691. The molecule has 0 bridgehead atoms. The number of imidazole rings is 1. The number of carbonyl (C=O) groups excluding carboxylic acids is 1. The molecule has 8 heteroatoms. The first-order valence-electron chi connectivity index (χ1n) is 8.15. The van der Waals surface area contributed by atoms with Gasteiger partial charge in [0.25, 0.3) is 0 Å². The highest BCUT2D eigenvalue weighted by Gasteiger charge is 2.29. The van der Waals surface area contributed by atoms with Crippen molar-refractivity contribution in [2.24, 2.45) is 0 Å². The maximum atomic E-state index is 12.1. The predicted molar refractivity (Wildman–Crippen MR) is 99.2 cm³/mol. The van der Waals surface area contributed by atoms with Gasteiger partial charge in [0.15, 0.2) is 5.69 Å². The molecule has 3 aromatic rings. The molecule has 136 valence electrons. The molecule has 0 fully saturated rings. The largest absolute Gasteiger partial charge is 0.476 e. The number of ether oxygens (including phenoxy) is 1. The Balaban J connectivity index is 1.48. The first-order valence-corrected chi connectivity index (χ1v) is 8.53. The molecule has 2 aromatic carbocycles. The van der Waals surface area contributed by atoms with E-state index in [9.17, 15) is 9.59 Å². The fourth-order valence-electron chi connectivity index (χ4n) is 3.28. The van der Waals surface area contributed by atoms with Crippen LogP contribution >= 0.6 is 11.6 Å². The normalized spacial score (nSPS) is 12.3. The molecule has 0 aliphatic heterocycles. The van der Waals surface area contributed by atoms with E-state index in [2.05, 4.69) is 15.3 Å². The van der Waals surface area contributed by atoms with Gasteiger partial charge in [0.1, 0.15) is 11.8 Å². The molecule has 0 spiro atoms. The van der Waals surface area contributed by atoms with Crippen LogP contribution in [0.1, 0.15) is 27.5 Å². The van der Waals surface area contributed by atoms with Crippen molar-refractivity contribution in [1.82, 2.24) is 9.97 Å². The molecule has 4 rings (SSSR count). The number of aromatic carboxylic acids is 1. The third kappa shape index (κ3) is 3.13. The summed E-state index contributed by atoms with van der Waals surface area (Å²) in [5, 5.41) is 11.1. The Labute approximate surface area is 159 Å². The molecule has 1 aliphatic carbocycles. The second-order valence-electron chi connectivity index (χ2n) is 6.00. The Morgan fingerprint density at radius 3 is 2.26 bits per heavy atom. The minimum atomic E-state index is -1.29. The highest BCUT2D eigenvalue weighted by molar-refractivity contribution is 6.32. The summed E-state index contributed by atoms with van der Waals surface area (Å²) in [5.74, 6) is -1.45. The van der Waals surface area contributed by atoms with Gasteiger partial charge in [-0.25, -0.2) is 14.6 Å². The molecular formula is C19H14ClN3O4. The number of nitrogens with one attached hydrogen (secondary N) is 2. The summed E-state index contributed by atoms with van der Waals surface area (Å²) in [4.78, 5) is 29.2. The number of hydrogen-bond donors (Lipinski definition) is 3. The van der Waals surface area contributed by atoms with Crippen LogP contribution in [-0.4, -0.2) is 33.7 Å². The number of benzene rings is 2. The molecule has 0 radical (unpaired) electrons. The zero-order chi connectivity index (χ0) is 19.0. The number of carboxylic acid groups (broad SMARTS) is 1. The van der Waals surface area contributed by atoms with Gasteiger partial charge in [0.2, 0.25) is 5.95 Å². The number of anilines is 1. The van der Waals surface area contributed by atoms with Crippen molar-refractivity contribution in [1.29, 1.82) is 0 Å². The van der Waals surface area contributed by atoms with Gasteiger partial charge in [-0.3, -0.25) is 5.32 Å². The first kappa shape index (κ1) is 17.1. The Morgan fingerprint density at radius 2 is 1.70 bits per heavy atom. The van der Waals surface area contributed by atoms with Gasteiger partial charge >= 0.3 is 12.1 Å². The summed E-state index contributed by atoms with van der Waals surface area (Å²) in [6.07, 6.45) is -0.751. The molecule has 1 heterocycles. The van der Waals surface area contributed by atoms with Gasteiger partial charge in [-0.05, 0) is 22.3 Å². The van der Waals surface area contributed by atoms with Gasteiger partial charge in [-0.1, -0.05) is 60.1 Å². The van der Waals surface area contributed by atoms with Crippen LogP contribution in [0.2, 0.25) is 5.15 Å². The molecule has 0 atom stereocenters. The van der Waals surface area contributed by atoms with Crippen LogP contribution < -0.4 is 5.32 Å². The molecule has 0 saturated carbocycles. The number of aromatic nitrogens is 2. The fourth-order valence-corrected chi connectivity index (χ4v) is 3.50. The number of amides is 1. The van der Waals surface area contributed by atoms with Gasteiger partial charge in [-0.15, -0.1) is 0 Å². The lowest BCUT2D eigenvalue weighted by atomic mass is 9.98. The highest BCUT2D eigenvalue weighted by Crippen LogP contribution is 2.44. The lowest BCUT2D eigenvalue weighted by Crippen LogP contribution is -2.18. The number of H-pyrrole nitrogens is 1. The van der Waals surface area contributed by atoms with Crippen LogP contribution in [0.15, 0.2) is 48.5 Å². The summed E-state index contributed by atoms with van der Waals surface area (Å²) in [6.45, 7) is 0.139. The number of aromatic amines is 1. The van der Waals surface area contributed by atoms with E-state index in [0.29, 0.717) is 0 Å². The minimum absolute atomic E-state index is 0.0714. The molecule has 1 amide bonds. The zero-order valence-corrected chi connectivity index (χ0v) is 14.7. The van der Waals surface area contributed by atoms with Crippen molar-refractivity contribution < 1.29 is 19.4 Å². The van der Waals surface area contributed by atoms with Crippen molar-refractivity contribution in [3.8, 4) is 11.1 Å². The monoisotopic (exact) mass is 383 g/mol. The first-order chi connectivity index (χ1) is 13.0. The maximum absolute atomic E-state index is 12.1. The number of nitrogens with zero attached hydrogens (tertiary/aromatic N) is 1. The number of carbonyl (C=O) groups is 2. The molecule has 1 aromatic heterocycles. The van der Waals surface area contributed by atoms with Crippen LogP contribution in [0, 0.1) is 0 Å². The smallest absolute Gasteiger partial charge is 0.414 e. The lowest BCUT2D eigenvalue weighted by Gasteiger charge is -2.14. The third-order valence-corrected chi connectivity index (χ3v) is 4.70. The van der Waals surface area contributed by atoms with Crippen molar-refractivity contribution in [2.45, 2.75) is 5.92 Å². The van der Waals surface area contributed by atoms with E-state index in [1.807, 2.05) is 48.5 Å². The summed E-state index contributed by atoms with van der Waals surface area (Å²) < 4.78 is 5.35. The average molecular weight is 384 g/mol. The van der Waals surface area contributed by atoms with E-state index in [4.69, 9.17) is 21.4 Å². The Hall–Kier alpha value is -3.32. The summed E-state index contributed by atoms with van der Waals surface area (Å²) in [5.41, 5.74) is 4.09. The number of carboxylic acids is 1. The molecule has 3 N–H and O–H groups in total. The van der Waals surface area contributed by atoms with E-state index >= 15 is 0 Å². The van der Waals surface area contributed by atoms with Crippen LogP contribution in [0.3, 0.4) is 0 Å². The molecule has 27 heavy (non-hydrogen) atoms. The predicted octanol–water partition coefficient (Wildman–Crippen LogP) is 4.12. The van der Waals surface area contributed by atoms with E-state index in [1.54, 1.807) is 0 Å². The van der Waals surface area contributed by atoms with E-state index in [0.717, 1.165) is 22.3 Å². The highest BCUT2D eigenvalue weighted by atomic mass is 35.5. The number of hydrogen-bond acceptors (Lipinski definition) is 4. The summed E-state index contributed by atoms with van der Waals surface area (Å²) in [6, 6.07) is 16.0. The van der Waals surface area contributed by atoms with Crippen LogP contribution in [0.5, 0.6) is 0 Å². The van der Waals surface area contributed by atoms with Crippen LogP contribution in [-0.2, 0) is 4.74 Å². The van der Waals surface area contributed by atoms with Crippen molar-refractivity contribution in [3.63, 3.8) is 0 Å². The van der Waals surface area contributed by atoms with Gasteiger partial charge in [-0.2, -0.15) is 0 Å². The second kappa shape index (κ2) is 6.77. The molecule has 0 saturated heterocycles. The van der Waals surface area contributed by atoms with Crippen molar-refractivity contribution in [3.05, 3.63) is 70.5 Å². The third-order valence-electron chi connectivity index (χ3n) is 4.43. The summed E-state index contributed by atoms with van der Waals surface area (Å²) >= 11 is 5.73. The number of halogens is 1. The molecule has 0 unspecified atom stereocenters. The zero-order valence-electron chi connectivity index (χ0n) is 13.9. The van der Waals surface area contributed by atoms with Crippen molar-refractivity contribution >= 4 is 29.6 Å². The minimum Gasteiger partial charge on any atom is -0.476 e. The van der Waals surface area contributed by atoms with E-state index < -0.39 is 12.1 Å². The van der Waals surface area contributed by atoms with Gasteiger partial charge < -0.3 is 14.8 Å².